The monoisotopic (exact) mass is 459 g/mol. The zero-order valence-corrected chi connectivity index (χ0v) is 18.7. The van der Waals surface area contributed by atoms with Gasteiger partial charge in [-0.1, -0.05) is 36.4 Å². The predicted molar refractivity (Wildman–Crippen MR) is 132 cm³/mol. The van der Waals surface area contributed by atoms with Gasteiger partial charge in [0, 0.05) is 25.2 Å². The van der Waals surface area contributed by atoms with Crippen LogP contribution in [0.2, 0.25) is 0 Å². The van der Waals surface area contributed by atoms with E-state index in [-0.39, 0.29) is 18.5 Å². The Bertz CT molecular complexity index is 1320. The van der Waals surface area contributed by atoms with Gasteiger partial charge in [-0.05, 0) is 54.0 Å². The number of allylic oxidation sites excluding steroid dienone is 1. The Morgan fingerprint density at radius 3 is 2.52 bits per heavy atom. The Morgan fingerprint density at radius 1 is 1.09 bits per heavy atom. The van der Waals surface area contributed by atoms with E-state index >= 15 is 0 Å². The van der Waals surface area contributed by atoms with Crippen molar-refractivity contribution in [1.82, 2.24) is 4.98 Å². The van der Waals surface area contributed by atoms with Gasteiger partial charge in [-0.2, -0.15) is 0 Å². The van der Waals surface area contributed by atoms with Crippen LogP contribution in [0.15, 0.2) is 72.8 Å². The van der Waals surface area contributed by atoms with Crippen LogP contribution in [0.5, 0.6) is 0 Å². The van der Waals surface area contributed by atoms with E-state index in [1.807, 2.05) is 54.6 Å². The van der Waals surface area contributed by atoms with Crippen molar-refractivity contribution in [3.8, 4) is 0 Å². The van der Waals surface area contributed by atoms with Gasteiger partial charge in [0.2, 0.25) is 0 Å². The van der Waals surface area contributed by atoms with Gasteiger partial charge in [-0.15, -0.1) is 11.3 Å². The molecule has 0 atom stereocenters. The number of para-hydroxylation sites is 2. The van der Waals surface area contributed by atoms with Crippen molar-refractivity contribution in [3.63, 3.8) is 0 Å². The van der Waals surface area contributed by atoms with Crippen LogP contribution in [0.25, 0.3) is 21.9 Å². The molecule has 4 rings (SSSR count). The Morgan fingerprint density at radius 2 is 1.82 bits per heavy atom. The molecule has 1 aromatic heterocycles. The molecule has 0 bridgehead atoms. The maximum atomic E-state index is 11.9. The minimum absolute atomic E-state index is 0.0306. The lowest BCUT2D eigenvalue weighted by atomic mass is 10.0. The van der Waals surface area contributed by atoms with Gasteiger partial charge in [0.25, 0.3) is 5.69 Å². The Balaban J connectivity index is 1.75. The van der Waals surface area contributed by atoms with Crippen LogP contribution >= 0.6 is 11.3 Å². The third-order valence-electron chi connectivity index (χ3n) is 5.22. The summed E-state index contributed by atoms with van der Waals surface area (Å²) in [5.74, 6) is -0.909. The van der Waals surface area contributed by atoms with Crippen LogP contribution < -0.4 is 4.90 Å². The van der Waals surface area contributed by atoms with Crippen molar-refractivity contribution >= 4 is 56.2 Å². The second kappa shape index (κ2) is 9.62. The number of carboxylic acids is 1. The van der Waals surface area contributed by atoms with E-state index in [0.717, 1.165) is 21.5 Å². The van der Waals surface area contributed by atoms with Gasteiger partial charge in [0.15, 0.2) is 0 Å². The molecule has 0 saturated heterocycles. The molecule has 33 heavy (non-hydrogen) atoms. The molecule has 0 spiro atoms. The first-order valence-corrected chi connectivity index (χ1v) is 11.1. The smallest absolute Gasteiger partial charge is 0.303 e. The fourth-order valence-electron chi connectivity index (χ4n) is 3.54. The molecular weight excluding hydrogens is 438 g/mol. The molecule has 0 aliphatic rings. The van der Waals surface area contributed by atoms with Gasteiger partial charge >= 0.3 is 5.97 Å². The molecule has 0 fully saturated rings. The molecule has 8 heteroatoms. The van der Waals surface area contributed by atoms with Gasteiger partial charge in [0.05, 0.1) is 15.1 Å². The molecule has 1 heterocycles. The predicted octanol–water partition coefficient (Wildman–Crippen LogP) is 6.38. The van der Waals surface area contributed by atoms with Crippen molar-refractivity contribution in [2.24, 2.45) is 0 Å². The highest BCUT2D eigenvalue weighted by atomic mass is 32.1. The first-order valence-electron chi connectivity index (χ1n) is 10.3. The summed E-state index contributed by atoms with van der Waals surface area (Å²) < 4.78 is 1.000. The highest BCUT2D eigenvalue weighted by molar-refractivity contribution is 7.19. The number of aromatic nitrogens is 1. The lowest BCUT2D eigenvalue weighted by molar-refractivity contribution is -0.384. The van der Waals surface area contributed by atoms with E-state index < -0.39 is 10.9 Å². The summed E-state index contributed by atoms with van der Waals surface area (Å²) in [7, 11) is 1.78. The van der Waals surface area contributed by atoms with Crippen LogP contribution in [-0.2, 0) is 4.79 Å². The number of anilines is 2. The van der Waals surface area contributed by atoms with Crippen LogP contribution in [0, 0.1) is 10.1 Å². The van der Waals surface area contributed by atoms with E-state index in [1.54, 1.807) is 30.2 Å². The number of hydrogen-bond acceptors (Lipinski definition) is 6. The number of carboxylic acid groups (broad SMARTS) is 1. The maximum Gasteiger partial charge on any atom is 0.303 e. The number of nitro groups is 1. The SMILES string of the molecule is CN(c1ccccc1)c1ccc(C=C(CCC(=O)O)c2nc3ccccc3s2)cc1[N+](=O)[O-]. The fraction of sp³-hybridized carbons (Fsp3) is 0.120. The van der Waals surface area contributed by atoms with E-state index in [9.17, 15) is 20.0 Å². The lowest BCUT2D eigenvalue weighted by Gasteiger charge is -2.19. The first kappa shape index (κ1) is 22.2. The standard InChI is InChI=1S/C25H21N3O4S/c1-27(19-7-3-2-4-8-19)21-13-11-17(16-22(21)28(31)32)15-18(12-14-24(29)30)25-26-20-9-5-6-10-23(20)33-25/h2-11,13,15-16H,12,14H2,1H3,(H,29,30). The third kappa shape index (κ3) is 5.07. The quantitative estimate of drug-likeness (QED) is 0.243. The summed E-state index contributed by atoms with van der Waals surface area (Å²) in [6.45, 7) is 0. The van der Waals surface area contributed by atoms with Crippen molar-refractivity contribution in [2.45, 2.75) is 12.8 Å². The fourth-order valence-corrected chi connectivity index (χ4v) is 4.55. The van der Waals surface area contributed by atoms with Crippen LogP contribution in [0.4, 0.5) is 17.1 Å². The number of hydrogen-bond donors (Lipinski definition) is 1. The molecular formula is C25H21N3O4S. The molecule has 0 unspecified atom stereocenters. The maximum absolute atomic E-state index is 11.9. The number of thiazole rings is 1. The molecule has 0 radical (unpaired) electrons. The summed E-state index contributed by atoms with van der Waals surface area (Å²) in [5, 5.41) is 21.8. The zero-order chi connectivity index (χ0) is 23.4. The zero-order valence-electron chi connectivity index (χ0n) is 17.8. The van der Waals surface area contributed by atoms with Crippen LogP contribution in [0.3, 0.4) is 0 Å². The third-order valence-corrected chi connectivity index (χ3v) is 6.33. The van der Waals surface area contributed by atoms with Crippen LogP contribution in [0.1, 0.15) is 23.4 Å². The highest BCUT2D eigenvalue weighted by Crippen LogP contribution is 2.35. The summed E-state index contributed by atoms with van der Waals surface area (Å²) in [4.78, 5) is 29.1. The van der Waals surface area contributed by atoms with Gasteiger partial charge in [-0.3, -0.25) is 14.9 Å². The van der Waals surface area contributed by atoms with Crippen LogP contribution in [-0.4, -0.2) is 28.0 Å². The van der Waals surface area contributed by atoms with E-state index in [0.29, 0.717) is 16.3 Å². The van der Waals surface area contributed by atoms with Crippen molar-refractivity contribution in [1.29, 1.82) is 0 Å². The van der Waals surface area contributed by atoms with E-state index in [2.05, 4.69) is 4.98 Å². The molecule has 1 N–H and O–H groups in total. The minimum atomic E-state index is -0.909. The number of benzene rings is 3. The summed E-state index contributed by atoms with van der Waals surface area (Å²) >= 11 is 1.48. The molecule has 7 nitrogen and oxygen atoms in total. The number of nitro benzene ring substituents is 1. The lowest BCUT2D eigenvalue weighted by Crippen LogP contribution is -2.11. The second-order valence-corrected chi connectivity index (χ2v) is 8.48. The average molecular weight is 460 g/mol. The average Bonchev–Trinajstić information content (AvgIpc) is 3.26. The highest BCUT2D eigenvalue weighted by Gasteiger charge is 2.19. The first-order chi connectivity index (χ1) is 15.9. The Labute approximate surface area is 194 Å². The molecule has 3 aromatic carbocycles. The second-order valence-electron chi connectivity index (χ2n) is 7.45. The summed E-state index contributed by atoms with van der Waals surface area (Å²) in [5.41, 5.74) is 3.46. The van der Waals surface area contributed by atoms with E-state index in [1.165, 1.54) is 17.4 Å². The Kier molecular flexibility index (Phi) is 6.46. The van der Waals surface area contributed by atoms with E-state index in [4.69, 9.17) is 0 Å². The molecule has 0 amide bonds. The molecule has 166 valence electrons. The molecule has 0 aliphatic heterocycles. The molecule has 0 aliphatic carbocycles. The largest absolute Gasteiger partial charge is 0.481 e. The Hall–Kier alpha value is -4.04. The number of carbonyl (C=O) groups is 1. The summed E-state index contributed by atoms with van der Waals surface area (Å²) in [6, 6.07) is 22.1. The van der Waals surface area contributed by atoms with Gasteiger partial charge in [0.1, 0.15) is 10.7 Å². The van der Waals surface area contributed by atoms with Crippen molar-refractivity contribution in [3.05, 3.63) is 93.5 Å². The van der Waals surface area contributed by atoms with Gasteiger partial charge < -0.3 is 10.0 Å². The summed E-state index contributed by atoms with van der Waals surface area (Å²) in [6.07, 6.45) is 2.01. The van der Waals surface area contributed by atoms with Crippen molar-refractivity contribution < 1.29 is 14.8 Å². The number of nitrogens with zero attached hydrogens (tertiary/aromatic N) is 3. The number of rotatable bonds is 8. The molecule has 4 aromatic rings. The van der Waals surface area contributed by atoms with Crippen molar-refractivity contribution in [2.75, 3.05) is 11.9 Å². The topological polar surface area (TPSA) is 96.6 Å². The number of aliphatic carboxylic acids is 1. The van der Waals surface area contributed by atoms with Gasteiger partial charge in [-0.25, -0.2) is 4.98 Å². The number of fused-ring (bicyclic) bond motifs is 1. The normalized spacial score (nSPS) is 11.5. The minimum Gasteiger partial charge on any atom is -0.481 e. The molecule has 0 saturated carbocycles.